The number of rotatable bonds is 9. The molecule has 1 N–H and O–H groups in total. The van der Waals surface area contributed by atoms with E-state index in [0.717, 1.165) is 11.3 Å². The minimum absolute atomic E-state index is 0.0694. The van der Waals surface area contributed by atoms with Crippen molar-refractivity contribution in [2.75, 3.05) is 13.7 Å². The van der Waals surface area contributed by atoms with Gasteiger partial charge in [0.15, 0.2) is 23.9 Å². The molecule has 0 aliphatic rings. The van der Waals surface area contributed by atoms with Crippen LogP contribution in [0.2, 0.25) is 0 Å². The quantitative estimate of drug-likeness (QED) is 0.662. The number of hydrogen-bond donors (Lipinski definition) is 1. The molecule has 0 bridgehead atoms. The van der Waals surface area contributed by atoms with E-state index in [2.05, 4.69) is 5.32 Å². The molecular formula is C22H27NO5. The van der Waals surface area contributed by atoms with Gasteiger partial charge < -0.3 is 19.5 Å². The van der Waals surface area contributed by atoms with Crippen LogP contribution in [0.4, 0.5) is 0 Å². The molecule has 0 saturated heterocycles. The first-order valence-corrected chi connectivity index (χ1v) is 9.18. The maximum atomic E-state index is 12.3. The highest BCUT2D eigenvalue weighted by atomic mass is 16.5. The average molecular weight is 385 g/mol. The second kappa shape index (κ2) is 9.78. The van der Waals surface area contributed by atoms with E-state index in [0.29, 0.717) is 17.1 Å². The Bertz CT molecular complexity index is 831. The third-order valence-corrected chi connectivity index (χ3v) is 4.04. The normalized spacial score (nSPS) is 11.6. The summed E-state index contributed by atoms with van der Waals surface area (Å²) in [5, 5.41) is 2.90. The van der Waals surface area contributed by atoms with Crippen LogP contribution in [0.15, 0.2) is 42.5 Å². The Hall–Kier alpha value is -3.02. The number of ether oxygens (including phenoxy) is 3. The number of hydrogen-bond acceptors (Lipinski definition) is 5. The predicted molar refractivity (Wildman–Crippen MR) is 107 cm³/mol. The van der Waals surface area contributed by atoms with Gasteiger partial charge in [0.25, 0.3) is 5.91 Å². The highest BCUT2D eigenvalue weighted by Crippen LogP contribution is 2.28. The summed E-state index contributed by atoms with van der Waals surface area (Å²) in [5.41, 5.74) is 1.46. The summed E-state index contributed by atoms with van der Waals surface area (Å²) in [7, 11) is 1.49. The zero-order valence-electron chi connectivity index (χ0n) is 16.9. The van der Waals surface area contributed by atoms with Crippen molar-refractivity contribution in [3.63, 3.8) is 0 Å². The van der Waals surface area contributed by atoms with Gasteiger partial charge in [0.2, 0.25) is 0 Å². The van der Waals surface area contributed by atoms with E-state index in [1.807, 2.05) is 45.0 Å². The van der Waals surface area contributed by atoms with E-state index in [9.17, 15) is 9.59 Å². The molecule has 0 fully saturated rings. The highest BCUT2D eigenvalue weighted by Gasteiger charge is 2.13. The molecule has 0 saturated carbocycles. The first-order chi connectivity index (χ1) is 13.3. The summed E-state index contributed by atoms with van der Waals surface area (Å²) in [6, 6.07) is 12.3. The predicted octanol–water partition coefficient (Wildman–Crippen LogP) is 3.94. The summed E-state index contributed by atoms with van der Waals surface area (Å²) in [4.78, 5) is 23.7. The van der Waals surface area contributed by atoms with Gasteiger partial charge in [0, 0.05) is 5.56 Å². The number of benzene rings is 2. The van der Waals surface area contributed by atoms with Crippen molar-refractivity contribution >= 4 is 11.7 Å². The Morgan fingerprint density at radius 2 is 1.79 bits per heavy atom. The fraction of sp³-hybridized carbons (Fsp3) is 0.364. The van der Waals surface area contributed by atoms with E-state index in [1.165, 1.54) is 14.0 Å². The number of carbonyl (C=O) groups is 2. The molecule has 2 aromatic rings. The van der Waals surface area contributed by atoms with E-state index < -0.39 is 0 Å². The van der Waals surface area contributed by atoms with Gasteiger partial charge in [-0.15, -0.1) is 0 Å². The van der Waals surface area contributed by atoms with Crippen molar-refractivity contribution in [1.82, 2.24) is 5.32 Å². The maximum Gasteiger partial charge on any atom is 0.258 e. The van der Waals surface area contributed by atoms with E-state index in [1.54, 1.807) is 18.2 Å². The fourth-order valence-corrected chi connectivity index (χ4v) is 2.64. The van der Waals surface area contributed by atoms with E-state index in [4.69, 9.17) is 14.2 Å². The fourth-order valence-electron chi connectivity index (χ4n) is 2.64. The molecule has 2 rings (SSSR count). The van der Waals surface area contributed by atoms with Crippen molar-refractivity contribution in [2.45, 2.75) is 39.8 Å². The molecular weight excluding hydrogens is 358 g/mol. The molecule has 0 heterocycles. The smallest absolute Gasteiger partial charge is 0.258 e. The number of Topliss-reactive ketones (excluding diaryl/α,β-unsaturated/α-hetero) is 1. The Balaban J connectivity index is 1.96. The Morgan fingerprint density at radius 1 is 1.04 bits per heavy atom. The summed E-state index contributed by atoms with van der Waals surface area (Å²) in [6.07, 6.45) is 0.0814. The molecule has 0 aliphatic carbocycles. The van der Waals surface area contributed by atoms with Crippen LogP contribution >= 0.6 is 0 Å². The molecule has 0 spiro atoms. The Labute approximate surface area is 165 Å². The minimum atomic E-state index is -0.264. The van der Waals surface area contributed by atoms with Crippen LogP contribution < -0.4 is 19.5 Å². The molecule has 150 valence electrons. The molecule has 1 unspecified atom stereocenters. The molecule has 6 nitrogen and oxygen atoms in total. The maximum absolute atomic E-state index is 12.3. The zero-order chi connectivity index (χ0) is 20.7. The van der Waals surface area contributed by atoms with Crippen LogP contribution in [0.3, 0.4) is 0 Å². The van der Waals surface area contributed by atoms with Crippen LogP contribution in [0, 0.1) is 0 Å². The van der Waals surface area contributed by atoms with E-state index >= 15 is 0 Å². The van der Waals surface area contributed by atoms with Gasteiger partial charge in [-0.05, 0) is 63.6 Å². The zero-order valence-corrected chi connectivity index (χ0v) is 16.9. The third-order valence-electron chi connectivity index (χ3n) is 4.04. The number of nitrogens with one attached hydrogen (secondary N) is 1. The van der Waals surface area contributed by atoms with Gasteiger partial charge in [-0.25, -0.2) is 0 Å². The van der Waals surface area contributed by atoms with Gasteiger partial charge in [0.1, 0.15) is 5.75 Å². The number of ketones is 1. The molecule has 28 heavy (non-hydrogen) atoms. The SMILES string of the molecule is COc1cc(C(C)=O)ccc1OCC(=O)NC(C)c1cccc(OC(C)C)c1. The summed E-state index contributed by atoms with van der Waals surface area (Å²) >= 11 is 0. The highest BCUT2D eigenvalue weighted by molar-refractivity contribution is 5.94. The Morgan fingerprint density at radius 3 is 2.43 bits per heavy atom. The molecule has 2 aromatic carbocycles. The molecule has 0 aromatic heterocycles. The lowest BCUT2D eigenvalue weighted by Gasteiger charge is -2.17. The third kappa shape index (κ3) is 6.01. The number of carbonyl (C=O) groups excluding carboxylic acids is 2. The van der Waals surface area contributed by atoms with Crippen molar-refractivity contribution in [3.8, 4) is 17.2 Å². The molecule has 0 aliphatic heterocycles. The number of amides is 1. The van der Waals surface area contributed by atoms with Crippen LogP contribution in [0.25, 0.3) is 0 Å². The lowest BCUT2D eigenvalue weighted by molar-refractivity contribution is -0.123. The lowest BCUT2D eigenvalue weighted by atomic mass is 10.1. The lowest BCUT2D eigenvalue weighted by Crippen LogP contribution is -2.31. The van der Waals surface area contributed by atoms with Gasteiger partial charge in [0.05, 0.1) is 19.3 Å². The Kier molecular flexibility index (Phi) is 7.44. The number of methoxy groups -OCH3 is 1. The molecule has 6 heteroatoms. The van der Waals surface area contributed by atoms with Crippen molar-refractivity contribution in [3.05, 3.63) is 53.6 Å². The van der Waals surface area contributed by atoms with Gasteiger partial charge in [-0.1, -0.05) is 12.1 Å². The van der Waals surface area contributed by atoms with Crippen molar-refractivity contribution in [1.29, 1.82) is 0 Å². The molecule has 1 atom stereocenters. The average Bonchev–Trinajstić information content (AvgIpc) is 2.65. The summed E-state index contributed by atoms with van der Waals surface area (Å²) < 4.78 is 16.5. The van der Waals surface area contributed by atoms with Gasteiger partial charge in [-0.2, -0.15) is 0 Å². The molecule has 0 radical (unpaired) electrons. The second-order valence-electron chi connectivity index (χ2n) is 6.74. The van der Waals surface area contributed by atoms with E-state index in [-0.39, 0.29) is 30.4 Å². The van der Waals surface area contributed by atoms with Crippen molar-refractivity contribution in [2.24, 2.45) is 0 Å². The first-order valence-electron chi connectivity index (χ1n) is 9.18. The molecule has 1 amide bonds. The van der Waals surface area contributed by atoms with Gasteiger partial charge >= 0.3 is 0 Å². The topological polar surface area (TPSA) is 73.9 Å². The van der Waals surface area contributed by atoms with Crippen LogP contribution in [0.1, 0.15) is 49.7 Å². The largest absolute Gasteiger partial charge is 0.493 e. The van der Waals surface area contributed by atoms with Crippen LogP contribution in [0.5, 0.6) is 17.2 Å². The minimum Gasteiger partial charge on any atom is -0.493 e. The monoisotopic (exact) mass is 385 g/mol. The van der Waals surface area contributed by atoms with Crippen LogP contribution in [-0.4, -0.2) is 31.5 Å². The summed E-state index contributed by atoms with van der Waals surface area (Å²) in [6.45, 7) is 7.14. The standard InChI is InChI=1S/C22H27NO5/c1-14(2)28-19-8-6-7-17(11-19)15(3)23-22(25)13-27-20-10-9-18(16(4)24)12-21(20)26-5/h6-12,14-15H,13H2,1-5H3,(H,23,25). The van der Waals surface area contributed by atoms with Crippen LogP contribution in [-0.2, 0) is 4.79 Å². The summed E-state index contributed by atoms with van der Waals surface area (Å²) in [5.74, 6) is 1.25. The van der Waals surface area contributed by atoms with Crippen molar-refractivity contribution < 1.29 is 23.8 Å². The first kappa shape index (κ1) is 21.3. The second-order valence-corrected chi connectivity index (χ2v) is 6.74. The van der Waals surface area contributed by atoms with Gasteiger partial charge in [-0.3, -0.25) is 9.59 Å².